The molecular weight excluding hydrogens is 394 g/mol. The molecule has 1 aliphatic rings. The van der Waals surface area contributed by atoms with Gasteiger partial charge in [-0.15, -0.1) is 0 Å². The maximum Gasteiger partial charge on any atom is 0.293 e. The van der Waals surface area contributed by atoms with Crippen molar-refractivity contribution >= 4 is 40.6 Å². The number of amides is 3. The van der Waals surface area contributed by atoms with E-state index in [1.165, 1.54) is 24.3 Å². The third-order valence-electron chi connectivity index (χ3n) is 4.19. The molecule has 0 saturated carbocycles. The van der Waals surface area contributed by atoms with Gasteiger partial charge in [-0.25, -0.2) is 0 Å². The van der Waals surface area contributed by atoms with Gasteiger partial charge in [-0.05, 0) is 36.4 Å². The lowest BCUT2D eigenvalue weighted by atomic mass is 10.1. The first-order chi connectivity index (χ1) is 13.8. The maximum absolute atomic E-state index is 12.5. The number of imide groups is 1. The third-order valence-corrected chi connectivity index (χ3v) is 5.10. The zero-order chi connectivity index (χ0) is 21.0. The van der Waals surface area contributed by atoms with Crippen molar-refractivity contribution in [1.29, 1.82) is 0 Å². The molecule has 9 heteroatoms. The van der Waals surface area contributed by atoms with Crippen LogP contribution in [0.15, 0.2) is 53.4 Å². The Morgan fingerprint density at radius 1 is 1.21 bits per heavy atom. The zero-order valence-corrected chi connectivity index (χ0v) is 16.3. The number of aryl methyl sites for hydroxylation is 1. The van der Waals surface area contributed by atoms with Gasteiger partial charge in [-0.3, -0.25) is 29.4 Å². The minimum atomic E-state index is -0.586. The summed E-state index contributed by atoms with van der Waals surface area (Å²) in [6.07, 6.45) is 1.66. The van der Waals surface area contributed by atoms with Gasteiger partial charge in [0, 0.05) is 30.8 Å². The third kappa shape index (κ3) is 4.88. The van der Waals surface area contributed by atoms with Crippen LogP contribution in [0.25, 0.3) is 6.08 Å². The number of nitro groups is 1. The number of hydrogen-bond donors (Lipinski definition) is 1. The van der Waals surface area contributed by atoms with E-state index in [4.69, 9.17) is 0 Å². The summed E-state index contributed by atoms with van der Waals surface area (Å²) in [6, 6.07) is 12.9. The molecule has 1 heterocycles. The van der Waals surface area contributed by atoms with Crippen LogP contribution in [0.5, 0.6) is 0 Å². The van der Waals surface area contributed by atoms with Gasteiger partial charge in [0.15, 0.2) is 0 Å². The topological polar surface area (TPSA) is 110 Å². The Morgan fingerprint density at radius 3 is 2.62 bits per heavy atom. The second kappa shape index (κ2) is 8.70. The van der Waals surface area contributed by atoms with E-state index >= 15 is 0 Å². The van der Waals surface area contributed by atoms with Crippen molar-refractivity contribution in [3.05, 3.63) is 80.2 Å². The van der Waals surface area contributed by atoms with E-state index < -0.39 is 22.0 Å². The molecule has 2 aromatic carbocycles. The molecule has 3 rings (SSSR count). The second-order valence-electron chi connectivity index (χ2n) is 6.31. The molecule has 0 radical (unpaired) electrons. The van der Waals surface area contributed by atoms with Gasteiger partial charge < -0.3 is 5.32 Å². The first kappa shape index (κ1) is 20.3. The number of carbonyl (C=O) groups is 3. The minimum Gasteiger partial charge on any atom is -0.350 e. The molecule has 0 atom stereocenters. The van der Waals surface area contributed by atoms with Crippen LogP contribution in [0, 0.1) is 17.0 Å². The highest BCUT2D eigenvalue weighted by molar-refractivity contribution is 8.18. The van der Waals surface area contributed by atoms with Gasteiger partial charge in [0.1, 0.15) is 0 Å². The summed E-state index contributed by atoms with van der Waals surface area (Å²) in [7, 11) is 0. The molecule has 1 fully saturated rings. The minimum absolute atomic E-state index is 0.0105. The largest absolute Gasteiger partial charge is 0.350 e. The predicted molar refractivity (Wildman–Crippen MR) is 109 cm³/mol. The summed E-state index contributed by atoms with van der Waals surface area (Å²) in [5.74, 6) is -0.930. The Balaban J connectivity index is 1.59. The van der Waals surface area contributed by atoms with Gasteiger partial charge in [-0.2, -0.15) is 0 Å². The molecule has 29 heavy (non-hydrogen) atoms. The van der Waals surface area contributed by atoms with Gasteiger partial charge in [0.25, 0.3) is 22.7 Å². The molecule has 1 N–H and O–H groups in total. The van der Waals surface area contributed by atoms with Crippen LogP contribution in [0.2, 0.25) is 0 Å². The van der Waals surface area contributed by atoms with E-state index in [-0.39, 0.29) is 24.3 Å². The summed E-state index contributed by atoms with van der Waals surface area (Å²) in [5.41, 5.74) is 1.85. The van der Waals surface area contributed by atoms with Crippen LogP contribution in [-0.4, -0.2) is 40.0 Å². The summed E-state index contributed by atoms with van der Waals surface area (Å²) in [5, 5.41) is 13.0. The van der Waals surface area contributed by atoms with E-state index in [2.05, 4.69) is 5.32 Å². The number of rotatable bonds is 6. The SMILES string of the molecule is Cc1ccc(C=C2SC(=O)N(CCNC(=O)c3cccc([N+](=O)[O-])c3)C2=O)cc1. The Bertz CT molecular complexity index is 1020. The molecular formula is C20H17N3O5S. The molecule has 0 aromatic heterocycles. The quantitative estimate of drug-likeness (QED) is 0.443. The lowest BCUT2D eigenvalue weighted by molar-refractivity contribution is -0.384. The monoisotopic (exact) mass is 411 g/mol. The van der Waals surface area contributed by atoms with Crippen LogP contribution in [0.3, 0.4) is 0 Å². The molecule has 148 valence electrons. The Hall–Kier alpha value is -3.46. The van der Waals surface area contributed by atoms with Crippen molar-refractivity contribution in [3.8, 4) is 0 Å². The van der Waals surface area contributed by atoms with Crippen LogP contribution >= 0.6 is 11.8 Å². The molecule has 0 unspecified atom stereocenters. The fraction of sp³-hybridized carbons (Fsp3) is 0.150. The average Bonchev–Trinajstić information content (AvgIpc) is 2.97. The summed E-state index contributed by atoms with van der Waals surface area (Å²) in [6.45, 7) is 2.01. The molecule has 0 spiro atoms. The van der Waals surface area contributed by atoms with Crippen molar-refractivity contribution in [1.82, 2.24) is 10.2 Å². The van der Waals surface area contributed by atoms with E-state index in [0.717, 1.165) is 27.8 Å². The van der Waals surface area contributed by atoms with E-state index in [9.17, 15) is 24.5 Å². The van der Waals surface area contributed by atoms with Crippen LogP contribution in [0.1, 0.15) is 21.5 Å². The van der Waals surface area contributed by atoms with Gasteiger partial charge in [0.05, 0.1) is 9.83 Å². The standard InChI is InChI=1S/C20H17N3O5S/c1-13-5-7-14(8-6-13)11-17-19(25)22(20(26)29-17)10-9-21-18(24)15-3-2-4-16(12-15)23(27)28/h2-8,11-12H,9-10H2,1H3,(H,21,24). The summed E-state index contributed by atoms with van der Waals surface area (Å²) in [4.78, 5) is 48.4. The first-order valence-electron chi connectivity index (χ1n) is 8.70. The normalized spacial score (nSPS) is 15.1. The lowest BCUT2D eigenvalue weighted by Crippen LogP contribution is -2.37. The van der Waals surface area contributed by atoms with Crippen molar-refractivity contribution in [2.45, 2.75) is 6.92 Å². The molecule has 2 aromatic rings. The fourth-order valence-corrected chi connectivity index (χ4v) is 3.52. The first-order valence-corrected chi connectivity index (χ1v) is 9.51. The van der Waals surface area contributed by atoms with Gasteiger partial charge in [0.2, 0.25) is 0 Å². The van der Waals surface area contributed by atoms with Crippen LogP contribution in [-0.2, 0) is 4.79 Å². The van der Waals surface area contributed by atoms with Gasteiger partial charge >= 0.3 is 0 Å². The lowest BCUT2D eigenvalue weighted by Gasteiger charge is -2.13. The second-order valence-corrected chi connectivity index (χ2v) is 7.30. The highest BCUT2D eigenvalue weighted by Crippen LogP contribution is 2.31. The summed E-state index contributed by atoms with van der Waals surface area (Å²) < 4.78 is 0. The number of nitro benzene ring substituents is 1. The van der Waals surface area contributed by atoms with Crippen molar-refractivity contribution < 1.29 is 19.3 Å². The van der Waals surface area contributed by atoms with Gasteiger partial charge in [-0.1, -0.05) is 35.9 Å². The number of hydrogen-bond acceptors (Lipinski definition) is 6. The number of carbonyl (C=O) groups excluding carboxylic acids is 3. The van der Waals surface area contributed by atoms with E-state index in [1.807, 2.05) is 31.2 Å². The predicted octanol–water partition coefficient (Wildman–Crippen LogP) is 3.37. The van der Waals surface area contributed by atoms with E-state index in [0.29, 0.717) is 4.91 Å². The Kier molecular flexibility index (Phi) is 6.08. The molecule has 1 saturated heterocycles. The fourth-order valence-electron chi connectivity index (χ4n) is 2.65. The molecule has 0 aliphatic carbocycles. The Morgan fingerprint density at radius 2 is 1.93 bits per heavy atom. The highest BCUT2D eigenvalue weighted by atomic mass is 32.2. The molecule has 3 amide bonds. The van der Waals surface area contributed by atoms with E-state index in [1.54, 1.807) is 6.08 Å². The highest BCUT2D eigenvalue weighted by Gasteiger charge is 2.34. The number of nitrogens with zero attached hydrogens (tertiary/aromatic N) is 2. The number of non-ortho nitro benzene ring substituents is 1. The average molecular weight is 411 g/mol. The number of benzene rings is 2. The van der Waals surface area contributed by atoms with Crippen molar-refractivity contribution in [2.24, 2.45) is 0 Å². The molecule has 0 bridgehead atoms. The Labute approximate surface area is 170 Å². The smallest absolute Gasteiger partial charge is 0.293 e. The number of thioether (sulfide) groups is 1. The molecule has 1 aliphatic heterocycles. The van der Waals surface area contributed by atoms with Crippen LogP contribution in [0.4, 0.5) is 10.5 Å². The maximum atomic E-state index is 12.5. The van der Waals surface area contributed by atoms with Crippen LogP contribution < -0.4 is 5.32 Å². The van der Waals surface area contributed by atoms with Crippen molar-refractivity contribution in [3.63, 3.8) is 0 Å². The van der Waals surface area contributed by atoms with Crippen molar-refractivity contribution in [2.75, 3.05) is 13.1 Å². The molecule has 8 nitrogen and oxygen atoms in total. The summed E-state index contributed by atoms with van der Waals surface area (Å²) >= 11 is 0.852. The number of nitrogens with one attached hydrogen (secondary N) is 1. The zero-order valence-electron chi connectivity index (χ0n) is 15.5.